The topological polar surface area (TPSA) is 65.6 Å². The second-order valence-electron chi connectivity index (χ2n) is 5.79. The number of aromatic nitrogens is 1. The molecule has 0 saturated carbocycles. The Hall–Kier alpha value is -1.17. The van der Waals surface area contributed by atoms with Crippen molar-refractivity contribution in [2.75, 3.05) is 37.6 Å². The third-order valence-corrected chi connectivity index (χ3v) is 3.36. The van der Waals surface area contributed by atoms with Gasteiger partial charge in [0.2, 0.25) is 0 Å². The van der Waals surface area contributed by atoms with Gasteiger partial charge in [0.1, 0.15) is 0 Å². The zero-order valence-corrected chi connectivity index (χ0v) is 11.8. The lowest BCUT2D eigenvalue weighted by Gasteiger charge is -2.38. The second-order valence-corrected chi connectivity index (χ2v) is 5.79. The standard InChI is InChI=1S/C14H24N4O/c1-14(2,19)11-17-5-7-18(8-6-17)13-3-4-16-12(9-13)10-15/h3-4,9,19H,5-8,10-11,15H2,1-2H3. The monoisotopic (exact) mass is 264 g/mol. The number of aliphatic hydroxyl groups is 1. The van der Waals surface area contributed by atoms with E-state index in [0.29, 0.717) is 6.54 Å². The van der Waals surface area contributed by atoms with Crippen molar-refractivity contribution in [3.05, 3.63) is 24.0 Å². The SMILES string of the molecule is CC(C)(O)CN1CCN(c2ccnc(CN)c2)CC1. The van der Waals surface area contributed by atoms with Crippen LogP contribution in [0.3, 0.4) is 0 Å². The van der Waals surface area contributed by atoms with Gasteiger partial charge in [0.05, 0.1) is 11.3 Å². The van der Waals surface area contributed by atoms with Crippen LogP contribution in [0.5, 0.6) is 0 Å². The quantitative estimate of drug-likeness (QED) is 0.826. The molecule has 0 unspecified atom stereocenters. The van der Waals surface area contributed by atoms with E-state index in [-0.39, 0.29) is 0 Å². The number of nitrogens with zero attached hydrogens (tertiary/aromatic N) is 3. The van der Waals surface area contributed by atoms with E-state index in [4.69, 9.17) is 5.73 Å². The number of rotatable bonds is 4. The van der Waals surface area contributed by atoms with Crippen molar-refractivity contribution >= 4 is 5.69 Å². The van der Waals surface area contributed by atoms with Crippen molar-refractivity contribution in [3.63, 3.8) is 0 Å². The van der Waals surface area contributed by atoms with Gasteiger partial charge in [-0.05, 0) is 26.0 Å². The van der Waals surface area contributed by atoms with E-state index in [1.807, 2.05) is 26.1 Å². The molecule has 1 aliphatic heterocycles. The summed E-state index contributed by atoms with van der Waals surface area (Å²) in [6, 6.07) is 4.09. The highest BCUT2D eigenvalue weighted by Crippen LogP contribution is 2.17. The van der Waals surface area contributed by atoms with Crippen LogP contribution in [0.25, 0.3) is 0 Å². The predicted molar refractivity (Wildman–Crippen MR) is 77.1 cm³/mol. The van der Waals surface area contributed by atoms with Crippen LogP contribution in [0.4, 0.5) is 5.69 Å². The molecular weight excluding hydrogens is 240 g/mol. The molecule has 2 heterocycles. The summed E-state index contributed by atoms with van der Waals surface area (Å²) in [7, 11) is 0. The van der Waals surface area contributed by atoms with E-state index in [1.165, 1.54) is 5.69 Å². The number of hydrogen-bond acceptors (Lipinski definition) is 5. The number of anilines is 1. The molecule has 0 spiro atoms. The molecule has 5 nitrogen and oxygen atoms in total. The number of pyridine rings is 1. The van der Waals surface area contributed by atoms with Crippen LogP contribution in [0.2, 0.25) is 0 Å². The minimum Gasteiger partial charge on any atom is -0.389 e. The molecule has 1 aromatic heterocycles. The fraction of sp³-hybridized carbons (Fsp3) is 0.643. The Morgan fingerprint density at radius 2 is 2.00 bits per heavy atom. The molecular formula is C14H24N4O. The third-order valence-electron chi connectivity index (χ3n) is 3.36. The van der Waals surface area contributed by atoms with Gasteiger partial charge in [0.15, 0.2) is 0 Å². The van der Waals surface area contributed by atoms with E-state index in [0.717, 1.165) is 38.4 Å². The Balaban J connectivity index is 1.92. The molecule has 1 saturated heterocycles. The van der Waals surface area contributed by atoms with Gasteiger partial charge in [0.25, 0.3) is 0 Å². The molecule has 0 atom stereocenters. The van der Waals surface area contributed by atoms with E-state index < -0.39 is 5.60 Å². The number of β-amino-alcohol motifs (C(OH)–C–C–N with tert-alkyl or cyclic N) is 1. The van der Waals surface area contributed by atoms with Gasteiger partial charge in [-0.25, -0.2) is 0 Å². The summed E-state index contributed by atoms with van der Waals surface area (Å²) in [4.78, 5) is 8.88. The smallest absolute Gasteiger partial charge is 0.0718 e. The Labute approximate surface area is 115 Å². The number of piperazine rings is 1. The minimum absolute atomic E-state index is 0.479. The van der Waals surface area contributed by atoms with Crippen molar-refractivity contribution in [2.45, 2.75) is 26.0 Å². The Bertz CT molecular complexity index is 408. The molecule has 1 aromatic rings. The molecule has 1 fully saturated rings. The molecule has 0 aliphatic carbocycles. The zero-order chi connectivity index (χ0) is 13.9. The van der Waals surface area contributed by atoms with Crippen LogP contribution in [0.1, 0.15) is 19.5 Å². The molecule has 0 amide bonds. The second kappa shape index (κ2) is 5.86. The summed E-state index contributed by atoms with van der Waals surface area (Å²) in [5, 5.41) is 9.84. The molecule has 2 rings (SSSR count). The van der Waals surface area contributed by atoms with E-state index in [2.05, 4.69) is 20.9 Å². The van der Waals surface area contributed by atoms with Crippen LogP contribution in [-0.2, 0) is 6.54 Å². The summed E-state index contributed by atoms with van der Waals surface area (Å²) in [6.45, 7) is 8.83. The number of hydrogen-bond donors (Lipinski definition) is 2. The van der Waals surface area contributed by atoms with Crippen LogP contribution in [-0.4, -0.2) is 53.3 Å². The highest BCUT2D eigenvalue weighted by molar-refractivity contribution is 5.47. The summed E-state index contributed by atoms with van der Waals surface area (Å²) in [5.41, 5.74) is 7.12. The normalized spacial score (nSPS) is 17.8. The van der Waals surface area contributed by atoms with Gasteiger partial charge >= 0.3 is 0 Å². The third kappa shape index (κ3) is 4.16. The lowest BCUT2D eigenvalue weighted by molar-refractivity contribution is 0.0345. The highest BCUT2D eigenvalue weighted by Gasteiger charge is 2.22. The first kappa shape index (κ1) is 14.2. The van der Waals surface area contributed by atoms with Crippen LogP contribution in [0.15, 0.2) is 18.3 Å². The molecule has 0 bridgehead atoms. The average molecular weight is 264 g/mol. The summed E-state index contributed by atoms with van der Waals surface area (Å²) >= 11 is 0. The molecule has 3 N–H and O–H groups in total. The van der Waals surface area contributed by atoms with E-state index >= 15 is 0 Å². The lowest BCUT2D eigenvalue weighted by Crippen LogP contribution is -2.50. The van der Waals surface area contributed by atoms with Crippen LogP contribution < -0.4 is 10.6 Å². The molecule has 0 radical (unpaired) electrons. The first-order valence-electron chi connectivity index (χ1n) is 6.82. The molecule has 5 heteroatoms. The van der Waals surface area contributed by atoms with Gasteiger partial charge in [0, 0.05) is 51.2 Å². The van der Waals surface area contributed by atoms with Gasteiger partial charge in [-0.1, -0.05) is 0 Å². The fourth-order valence-electron chi connectivity index (χ4n) is 2.49. The maximum atomic E-state index is 9.84. The maximum absolute atomic E-state index is 9.84. The molecule has 19 heavy (non-hydrogen) atoms. The van der Waals surface area contributed by atoms with Crippen molar-refractivity contribution < 1.29 is 5.11 Å². The van der Waals surface area contributed by atoms with Crippen LogP contribution >= 0.6 is 0 Å². The van der Waals surface area contributed by atoms with Gasteiger partial charge in [-0.15, -0.1) is 0 Å². The summed E-state index contributed by atoms with van der Waals surface area (Å²) in [6.07, 6.45) is 1.82. The lowest BCUT2D eigenvalue weighted by atomic mass is 10.1. The maximum Gasteiger partial charge on any atom is 0.0718 e. The van der Waals surface area contributed by atoms with Crippen molar-refractivity contribution in [1.82, 2.24) is 9.88 Å². The minimum atomic E-state index is -0.619. The fourth-order valence-corrected chi connectivity index (χ4v) is 2.49. The molecule has 0 aromatic carbocycles. The van der Waals surface area contributed by atoms with Gasteiger partial charge in [-0.3, -0.25) is 9.88 Å². The predicted octanol–water partition coefficient (Wildman–Crippen LogP) is 0.433. The van der Waals surface area contributed by atoms with Crippen molar-refractivity contribution in [3.8, 4) is 0 Å². The van der Waals surface area contributed by atoms with Crippen molar-refractivity contribution in [1.29, 1.82) is 0 Å². The zero-order valence-electron chi connectivity index (χ0n) is 11.8. The summed E-state index contributed by atoms with van der Waals surface area (Å²) < 4.78 is 0. The van der Waals surface area contributed by atoms with E-state index in [1.54, 1.807) is 0 Å². The first-order valence-corrected chi connectivity index (χ1v) is 6.82. The highest BCUT2D eigenvalue weighted by atomic mass is 16.3. The first-order chi connectivity index (χ1) is 8.98. The molecule has 1 aliphatic rings. The number of nitrogens with two attached hydrogens (primary N) is 1. The van der Waals surface area contributed by atoms with Gasteiger partial charge < -0.3 is 15.7 Å². The van der Waals surface area contributed by atoms with Crippen molar-refractivity contribution in [2.24, 2.45) is 5.73 Å². The largest absolute Gasteiger partial charge is 0.389 e. The Morgan fingerprint density at radius 3 is 2.58 bits per heavy atom. The average Bonchev–Trinajstić information content (AvgIpc) is 2.38. The van der Waals surface area contributed by atoms with Gasteiger partial charge in [-0.2, -0.15) is 0 Å². The Morgan fingerprint density at radius 1 is 1.32 bits per heavy atom. The van der Waals surface area contributed by atoms with E-state index in [9.17, 15) is 5.11 Å². The van der Waals surface area contributed by atoms with Crippen LogP contribution in [0, 0.1) is 0 Å². The Kier molecular flexibility index (Phi) is 4.39. The summed E-state index contributed by atoms with van der Waals surface area (Å²) in [5.74, 6) is 0. The molecule has 106 valence electrons.